The number of alkyl halides is 3. The van der Waals surface area contributed by atoms with Gasteiger partial charge in [-0.1, -0.05) is 18.2 Å². The van der Waals surface area contributed by atoms with Gasteiger partial charge in [-0.05, 0) is 49.2 Å². The standard InChI is InChI=1S/C20H18F4N4/c1-13-11-18(25-10-9-14-5-7-16(21)8-6-14)28-19(26-13)27-17-4-2-3-15(12-17)20(22,23)24/h2-8,11-12H,9-10H2,1H3,(H2,25,26,27,28). The molecule has 0 saturated carbocycles. The van der Waals surface area contributed by atoms with Crippen LogP contribution in [0.5, 0.6) is 0 Å². The molecule has 146 valence electrons. The van der Waals surface area contributed by atoms with Crippen LogP contribution in [0.15, 0.2) is 54.6 Å². The minimum atomic E-state index is -4.42. The van der Waals surface area contributed by atoms with Crippen molar-refractivity contribution in [1.29, 1.82) is 0 Å². The number of nitrogens with zero attached hydrogens (tertiary/aromatic N) is 2. The van der Waals surface area contributed by atoms with Crippen LogP contribution in [0.2, 0.25) is 0 Å². The molecule has 1 heterocycles. The molecule has 2 N–H and O–H groups in total. The molecule has 1 aromatic heterocycles. The maximum Gasteiger partial charge on any atom is 0.416 e. The van der Waals surface area contributed by atoms with Crippen molar-refractivity contribution in [2.24, 2.45) is 0 Å². The lowest BCUT2D eigenvalue weighted by Gasteiger charge is -2.12. The van der Waals surface area contributed by atoms with Gasteiger partial charge in [-0.3, -0.25) is 0 Å². The zero-order valence-corrected chi connectivity index (χ0v) is 15.0. The summed E-state index contributed by atoms with van der Waals surface area (Å²) in [6.07, 6.45) is -3.75. The van der Waals surface area contributed by atoms with E-state index in [4.69, 9.17) is 0 Å². The molecule has 3 aromatic rings. The lowest BCUT2D eigenvalue weighted by atomic mass is 10.1. The molecule has 0 aliphatic heterocycles. The highest BCUT2D eigenvalue weighted by Gasteiger charge is 2.30. The molecule has 8 heteroatoms. The Morgan fingerprint density at radius 2 is 1.71 bits per heavy atom. The monoisotopic (exact) mass is 390 g/mol. The highest BCUT2D eigenvalue weighted by Crippen LogP contribution is 2.31. The van der Waals surface area contributed by atoms with Gasteiger partial charge in [0.2, 0.25) is 5.95 Å². The van der Waals surface area contributed by atoms with Gasteiger partial charge in [0, 0.05) is 24.0 Å². The Morgan fingerprint density at radius 3 is 2.43 bits per heavy atom. The second kappa shape index (κ2) is 8.24. The van der Waals surface area contributed by atoms with Gasteiger partial charge in [0.1, 0.15) is 11.6 Å². The molecule has 0 spiro atoms. The van der Waals surface area contributed by atoms with E-state index in [1.54, 1.807) is 25.1 Å². The van der Waals surface area contributed by atoms with Crippen molar-refractivity contribution in [2.75, 3.05) is 17.2 Å². The molecule has 0 bridgehead atoms. The lowest BCUT2D eigenvalue weighted by molar-refractivity contribution is -0.137. The van der Waals surface area contributed by atoms with E-state index in [1.165, 1.54) is 24.3 Å². The van der Waals surface area contributed by atoms with Gasteiger partial charge in [-0.15, -0.1) is 0 Å². The highest BCUT2D eigenvalue weighted by molar-refractivity contribution is 5.56. The number of aryl methyl sites for hydroxylation is 1. The topological polar surface area (TPSA) is 49.8 Å². The van der Waals surface area contributed by atoms with Crippen LogP contribution in [-0.2, 0) is 12.6 Å². The summed E-state index contributed by atoms with van der Waals surface area (Å²) in [6, 6.07) is 12.8. The van der Waals surface area contributed by atoms with Crippen molar-refractivity contribution in [3.63, 3.8) is 0 Å². The molecule has 28 heavy (non-hydrogen) atoms. The van der Waals surface area contributed by atoms with Crippen LogP contribution in [0.3, 0.4) is 0 Å². The van der Waals surface area contributed by atoms with Gasteiger partial charge in [-0.2, -0.15) is 18.2 Å². The Hall–Kier alpha value is -3.16. The van der Waals surface area contributed by atoms with E-state index in [1.807, 2.05) is 0 Å². The van der Waals surface area contributed by atoms with Gasteiger partial charge in [-0.25, -0.2) is 9.37 Å². The molecule has 0 fully saturated rings. The minimum absolute atomic E-state index is 0.198. The second-order valence-corrected chi connectivity index (χ2v) is 6.22. The second-order valence-electron chi connectivity index (χ2n) is 6.22. The molecule has 0 amide bonds. The fraction of sp³-hybridized carbons (Fsp3) is 0.200. The molecule has 4 nitrogen and oxygen atoms in total. The first-order valence-corrected chi connectivity index (χ1v) is 8.58. The first kappa shape index (κ1) is 19.6. The van der Waals surface area contributed by atoms with E-state index >= 15 is 0 Å². The van der Waals surface area contributed by atoms with Crippen molar-refractivity contribution in [3.8, 4) is 0 Å². The minimum Gasteiger partial charge on any atom is -0.370 e. The van der Waals surface area contributed by atoms with E-state index in [0.717, 1.165) is 17.7 Å². The predicted octanol–water partition coefficient (Wildman–Crippen LogP) is 5.34. The molecule has 0 aliphatic carbocycles. The van der Waals surface area contributed by atoms with Gasteiger partial charge in [0.25, 0.3) is 0 Å². The third kappa shape index (κ3) is 5.42. The Labute approximate surface area is 159 Å². The molecule has 2 aromatic carbocycles. The predicted molar refractivity (Wildman–Crippen MR) is 100 cm³/mol. The zero-order valence-electron chi connectivity index (χ0n) is 15.0. The maximum atomic E-state index is 12.9. The number of benzene rings is 2. The number of halogens is 4. The summed E-state index contributed by atoms with van der Waals surface area (Å²) in [4.78, 5) is 8.50. The highest BCUT2D eigenvalue weighted by atomic mass is 19.4. The van der Waals surface area contributed by atoms with Crippen LogP contribution >= 0.6 is 0 Å². The zero-order chi connectivity index (χ0) is 20.1. The summed E-state index contributed by atoms with van der Waals surface area (Å²) in [5, 5.41) is 5.95. The van der Waals surface area contributed by atoms with Crippen LogP contribution < -0.4 is 10.6 Å². The average Bonchev–Trinajstić information content (AvgIpc) is 2.62. The van der Waals surface area contributed by atoms with Crippen molar-refractivity contribution < 1.29 is 17.6 Å². The van der Waals surface area contributed by atoms with Crippen LogP contribution in [0.4, 0.5) is 35.0 Å². The molecular formula is C20H18F4N4. The number of rotatable bonds is 6. The van der Waals surface area contributed by atoms with E-state index in [0.29, 0.717) is 24.5 Å². The van der Waals surface area contributed by atoms with Crippen molar-refractivity contribution >= 4 is 17.5 Å². The van der Waals surface area contributed by atoms with Gasteiger partial charge in [0.05, 0.1) is 5.56 Å². The van der Waals surface area contributed by atoms with E-state index in [9.17, 15) is 17.6 Å². The van der Waals surface area contributed by atoms with E-state index < -0.39 is 11.7 Å². The normalized spacial score (nSPS) is 11.3. The van der Waals surface area contributed by atoms with Gasteiger partial charge in [0.15, 0.2) is 0 Å². The number of aromatic nitrogens is 2. The Kier molecular flexibility index (Phi) is 5.77. The largest absolute Gasteiger partial charge is 0.416 e. The third-order valence-corrected chi connectivity index (χ3v) is 3.93. The van der Waals surface area contributed by atoms with Gasteiger partial charge < -0.3 is 10.6 Å². The fourth-order valence-corrected chi connectivity index (χ4v) is 2.60. The molecule has 0 atom stereocenters. The summed E-state index contributed by atoms with van der Waals surface area (Å²) in [5.74, 6) is 0.459. The Bertz CT molecular complexity index is 940. The number of hydrogen-bond donors (Lipinski definition) is 2. The number of hydrogen-bond acceptors (Lipinski definition) is 4. The summed E-state index contributed by atoms with van der Waals surface area (Å²) in [7, 11) is 0. The molecular weight excluding hydrogens is 372 g/mol. The summed E-state index contributed by atoms with van der Waals surface area (Å²) >= 11 is 0. The smallest absolute Gasteiger partial charge is 0.370 e. The van der Waals surface area contributed by atoms with Crippen LogP contribution in [0.1, 0.15) is 16.8 Å². The SMILES string of the molecule is Cc1cc(NCCc2ccc(F)cc2)nc(Nc2cccc(C(F)(F)F)c2)n1. The fourth-order valence-electron chi connectivity index (χ4n) is 2.60. The molecule has 3 rings (SSSR count). The number of nitrogens with one attached hydrogen (secondary N) is 2. The van der Waals surface area contributed by atoms with E-state index in [-0.39, 0.29) is 17.5 Å². The Morgan fingerprint density at radius 1 is 0.964 bits per heavy atom. The Balaban J connectivity index is 1.67. The van der Waals surface area contributed by atoms with Crippen molar-refractivity contribution in [2.45, 2.75) is 19.5 Å². The van der Waals surface area contributed by atoms with Crippen LogP contribution in [-0.4, -0.2) is 16.5 Å². The van der Waals surface area contributed by atoms with Crippen molar-refractivity contribution in [3.05, 3.63) is 77.2 Å². The maximum absolute atomic E-state index is 12.9. The molecule has 0 saturated heterocycles. The summed E-state index contributed by atoms with van der Waals surface area (Å²) in [6.45, 7) is 2.33. The van der Waals surface area contributed by atoms with Crippen LogP contribution in [0.25, 0.3) is 0 Å². The van der Waals surface area contributed by atoms with E-state index in [2.05, 4.69) is 20.6 Å². The number of anilines is 3. The first-order chi connectivity index (χ1) is 13.3. The summed E-state index contributed by atoms with van der Waals surface area (Å²) < 4.78 is 51.5. The van der Waals surface area contributed by atoms with Crippen molar-refractivity contribution in [1.82, 2.24) is 9.97 Å². The summed E-state index contributed by atoms with van der Waals surface area (Å²) in [5.41, 5.74) is 1.14. The lowest BCUT2D eigenvalue weighted by Crippen LogP contribution is -2.09. The van der Waals surface area contributed by atoms with Crippen LogP contribution in [0, 0.1) is 12.7 Å². The average molecular weight is 390 g/mol. The quantitative estimate of drug-likeness (QED) is 0.558. The third-order valence-electron chi connectivity index (χ3n) is 3.93. The molecule has 0 aliphatic rings. The molecule has 0 radical (unpaired) electrons. The van der Waals surface area contributed by atoms with Gasteiger partial charge >= 0.3 is 6.18 Å². The molecule has 0 unspecified atom stereocenters. The first-order valence-electron chi connectivity index (χ1n) is 8.58.